The van der Waals surface area contributed by atoms with E-state index in [9.17, 15) is 13.5 Å². The molecule has 0 unspecified atom stereocenters. The Morgan fingerprint density at radius 3 is 2.10 bits per heavy atom. The number of sulfone groups is 1. The molecule has 3 rings (SSSR count). The molecule has 0 aliphatic carbocycles. The van der Waals surface area contributed by atoms with Gasteiger partial charge in [0.05, 0.1) is 9.79 Å². The number of aromatic hydroxyl groups is 1. The number of rotatable bonds is 2. The molecule has 3 aromatic rings. The minimum atomic E-state index is -3.61. The van der Waals surface area contributed by atoms with Gasteiger partial charge >= 0.3 is 0 Å². The highest BCUT2D eigenvalue weighted by atomic mass is 32.2. The first kappa shape index (κ1) is 13.6. The van der Waals surface area contributed by atoms with Crippen LogP contribution in [0.25, 0.3) is 10.8 Å². The van der Waals surface area contributed by atoms with Gasteiger partial charge in [-0.1, -0.05) is 30.3 Å². The lowest BCUT2D eigenvalue weighted by atomic mass is 10.1. The van der Waals surface area contributed by atoms with E-state index in [1.54, 1.807) is 6.07 Å². The van der Waals surface area contributed by atoms with Crippen molar-refractivity contribution in [3.05, 3.63) is 66.2 Å². The molecule has 0 atom stereocenters. The van der Waals surface area contributed by atoms with Gasteiger partial charge in [0.25, 0.3) is 0 Å². The van der Waals surface area contributed by atoms with E-state index in [-0.39, 0.29) is 15.5 Å². The fourth-order valence-electron chi connectivity index (χ4n) is 2.41. The molecule has 3 aromatic carbocycles. The van der Waals surface area contributed by atoms with Gasteiger partial charge in [0.2, 0.25) is 9.84 Å². The van der Waals surface area contributed by atoms with Crippen molar-refractivity contribution in [1.82, 2.24) is 0 Å². The van der Waals surface area contributed by atoms with Crippen LogP contribution >= 0.6 is 0 Å². The molecular weight excluding hydrogens is 284 g/mol. The maximum absolute atomic E-state index is 12.8. The van der Waals surface area contributed by atoms with Gasteiger partial charge in [-0.05, 0) is 48.2 Å². The van der Waals surface area contributed by atoms with Gasteiger partial charge in [-0.3, -0.25) is 0 Å². The maximum atomic E-state index is 12.8. The summed E-state index contributed by atoms with van der Waals surface area (Å²) in [5.41, 5.74) is 1.04. The predicted molar refractivity (Wildman–Crippen MR) is 82.2 cm³/mol. The zero-order valence-corrected chi connectivity index (χ0v) is 12.3. The molecule has 0 spiro atoms. The lowest BCUT2D eigenvalue weighted by Crippen LogP contribution is -2.03. The second-order valence-electron chi connectivity index (χ2n) is 4.92. The van der Waals surface area contributed by atoms with Gasteiger partial charge in [0.15, 0.2) is 0 Å². The molecule has 0 bridgehead atoms. The van der Waals surface area contributed by atoms with Crippen molar-refractivity contribution >= 4 is 20.6 Å². The highest BCUT2D eigenvalue weighted by Gasteiger charge is 2.20. The van der Waals surface area contributed by atoms with Gasteiger partial charge in [-0.15, -0.1) is 0 Å². The monoisotopic (exact) mass is 298 g/mol. The van der Waals surface area contributed by atoms with Crippen LogP contribution in [-0.2, 0) is 9.84 Å². The number of hydrogen-bond acceptors (Lipinski definition) is 3. The van der Waals surface area contributed by atoms with Crippen molar-refractivity contribution in [3.63, 3.8) is 0 Å². The minimum absolute atomic E-state index is 0.0442. The van der Waals surface area contributed by atoms with Crippen LogP contribution in [0.3, 0.4) is 0 Å². The van der Waals surface area contributed by atoms with E-state index in [0.29, 0.717) is 5.39 Å². The summed E-state index contributed by atoms with van der Waals surface area (Å²) in [5.74, 6) is 0.0442. The predicted octanol–water partition coefficient (Wildman–Crippen LogP) is 3.69. The van der Waals surface area contributed by atoms with E-state index in [1.807, 2.05) is 37.3 Å². The van der Waals surface area contributed by atoms with Crippen molar-refractivity contribution in [2.24, 2.45) is 0 Å². The third kappa shape index (κ3) is 2.28. The van der Waals surface area contributed by atoms with Crippen LogP contribution in [0.15, 0.2) is 70.5 Å². The Morgan fingerprint density at radius 2 is 1.43 bits per heavy atom. The lowest BCUT2D eigenvalue weighted by molar-refractivity contribution is 0.475. The van der Waals surface area contributed by atoms with Gasteiger partial charge in [0.1, 0.15) is 5.75 Å². The zero-order valence-electron chi connectivity index (χ0n) is 11.4. The van der Waals surface area contributed by atoms with Crippen molar-refractivity contribution in [2.45, 2.75) is 16.7 Å². The average Bonchev–Trinajstić information content (AvgIpc) is 2.48. The van der Waals surface area contributed by atoms with Crippen molar-refractivity contribution in [3.8, 4) is 5.75 Å². The second kappa shape index (κ2) is 4.90. The topological polar surface area (TPSA) is 54.4 Å². The molecule has 0 saturated heterocycles. The Kier molecular flexibility index (Phi) is 3.18. The first-order valence-electron chi connectivity index (χ1n) is 6.52. The molecule has 4 heteroatoms. The molecule has 1 N–H and O–H groups in total. The minimum Gasteiger partial charge on any atom is -0.508 e. The number of fused-ring (bicyclic) bond motifs is 1. The first-order valence-corrected chi connectivity index (χ1v) is 8.01. The summed E-state index contributed by atoms with van der Waals surface area (Å²) in [6, 6.07) is 16.5. The van der Waals surface area contributed by atoms with Crippen LogP contribution < -0.4 is 0 Å². The first-order chi connectivity index (χ1) is 10.00. The molecule has 0 aliphatic heterocycles. The summed E-state index contributed by atoms with van der Waals surface area (Å²) < 4.78 is 25.6. The lowest BCUT2D eigenvalue weighted by Gasteiger charge is -2.10. The summed E-state index contributed by atoms with van der Waals surface area (Å²) in [6.45, 7) is 1.96. The maximum Gasteiger partial charge on any atom is 0.207 e. The highest BCUT2D eigenvalue weighted by molar-refractivity contribution is 7.91. The summed E-state index contributed by atoms with van der Waals surface area (Å²) in [6.07, 6.45) is 0. The molecule has 106 valence electrons. The van der Waals surface area contributed by atoms with Gasteiger partial charge in [-0.2, -0.15) is 0 Å². The number of hydrogen-bond donors (Lipinski definition) is 1. The van der Waals surface area contributed by atoms with Crippen LogP contribution in [0.4, 0.5) is 0 Å². The highest BCUT2D eigenvalue weighted by Crippen LogP contribution is 2.30. The third-order valence-electron chi connectivity index (χ3n) is 3.54. The summed E-state index contributed by atoms with van der Waals surface area (Å²) in [5, 5.41) is 10.9. The normalized spacial score (nSPS) is 11.7. The van der Waals surface area contributed by atoms with Gasteiger partial charge in [-0.25, -0.2) is 8.42 Å². The van der Waals surface area contributed by atoms with Crippen LogP contribution in [0.2, 0.25) is 0 Å². The van der Waals surface area contributed by atoms with E-state index in [0.717, 1.165) is 10.9 Å². The van der Waals surface area contributed by atoms with Crippen molar-refractivity contribution in [2.75, 3.05) is 0 Å². The Balaban J connectivity index is 2.29. The quantitative estimate of drug-likeness (QED) is 0.785. The zero-order chi connectivity index (χ0) is 15.0. The molecule has 0 aromatic heterocycles. The third-order valence-corrected chi connectivity index (χ3v) is 5.37. The van der Waals surface area contributed by atoms with Crippen LogP contribution in [0, 0.1) is 6.92 Å². The smallest absolute Gasteiger partial charge is 0.207 e. The SMILES string of the molecule is Cc1ccc(S(=O)(=O)c2ccc(O)cc2)c2ccccc12. The molecule has 0 aliphatic rings. The average molecular weight is 298 g/mol. The molecular formula is C17H14O3S. The van der Waals surface area contributed by atoms with Gasteiger partial charge in [0, 0.05) is 5.39 Å². The molecule has 3 nitrogen and oxygen atoms in total. The van der Waals surface area contributed by atoms with E-state index in [1.165, 1.54) is 24.3 Å². The van der Waals surface area contributed by atoms with Crippen LogP contribution in [0.5, 0.6) is 5.75 Å². The molecule has 0 radical (unpaired) electrons. The van der Waals surface area contributed by atoms with Crippen molar-refractivity contribution < 1.29 is 13.5 Å². The number of aryl methyl sites for hydroxylation is 1. The van der Waals surface area contributed by atoms with E-state index < -0.39 is 9.84 Å². The van der Waals surface area contributed by atoms with E-state index >= 15 is 0 Å². The molecule has 0 heterocycles. The second-order valence-corrected chi connectivity index (χ2v) is 6.84. The number of phenolic OH excluding ortho intramolecular Hbond substituents is 1. The summed E-state index contributed by atoms with van der Waals surface area (Å²) in [7, 11) is -3.61. The fraction of sp³-hybridized carbons (Fsp3) is 0.0588. The standard InChI is InChI=1S/C17H14O3S/c1-12-6-11-17(16-5-3-2-4-15(12)16)21(19,20)14-9-7-13(18)8-10-14/h2-11,18H,1H3. The molecule has 0 saturated carbocycles. The molecule has 0 amide bonds. The molecule has 0 fully saturated rings. The van der Waals surface area contributed by atoms with Crippen molar-refractivity contribution in [1.29, 1.82) is 0 Å². The van der Waals surface area contributed by atoms with Gasteiger partial charge < -0.3 is 5.11 Å². The Morgan fingerprint density at radius 1 is 0.810 bits per heavy atom. The Hall–Kier alpha value is -2.33. The van der Waals surface area contributed by atoms with Crippen LogP contribution in [-0.4, -0.2) is 13.5 Å². The summed E-state index contributed by atoms with van der Waals surface area (Å²) in [4.78, 5) is 0.462. The number of phenols is 1. The largest absolute Gasteiger partial charge is 0.508 e. The fourth-order valence-corrected chi connectivity index (χ4v) is 3.87. The van der Waals surface area contributed by atoms with E-state index in [4.69, 9.17) is 0 Å². The Bertz CT molecular complexity index is 910. The summed E-state index contributed by atoms with van der Waals surface area (Å²) >= 11 is 0. The Labute approximate surface area is 123 Å². The van der Waals surface area contributed by atoms with E-state index in [2.05, 4.69) is 0 Å². The molecule has 21 heavy (non-hydrogen) atoms. The van der Waals surface area contributed by atoms with Crippen LogP contribution in [0.1, 0.15) is 5.56 Å². The number of benzene rings is 3.